The van der Waals surface area contributed by atoms with Crippen LogP contribution in [-0.4, -0.2) is 25.7 Å². The van der Waals surface area contributed by atoms with Gasteiger partial charge in [0.1, 0.15) is 0 Å². The van der Waals surface area contributed by atoms with Gasteiger partial charge in [-0.25, -0.2) is 13.1 Å². The predicted octanol–water partition coefficient (Wildman–Crippen LogP) is 1.04. The summed E-state index contributed by atoms with van der Waals surface area (Å²) in [5.74, 6) is 0. The van der Waals surface area contributed by atoms with Crippen LogP contribution >= 0.6 is 11.3 Å². The molecular weight excluding hydrogens is 296 g/mol. The van der Waals surface area contributed by atoms with Crippen LogP contribution in [0, 0.1) is 6.92 Å². The Labute approximate surface area is 122 Å². The van der Waals surface area contributed by atoms with Gasteiger partial charge in [0, 0.05) is 22.5 Å². The Morgan fingerprint density at radius 1 is 1.35 bits per heavy atom. The number of thiophene rings is 1. The molecule has 0 unspecified atom stereocenters. The summed E-state index contributed by atoms with van der Waals surface area (Å²) >= 11 is 1.48. The highest BCUT2D eigenvalue weighted by atomic mass is 32.2. The van der Waals surface area contributed by atoms with Crippen LogP contribution in [0.25, 0.3) is 0 Å². The first-order valence-corrected chi connectivity index (χ1v) is 8.33. The lowest BCUT2D eigenvalue weighted by Crippen LogP contribution is -2.24. The third-order valence-corrected chi connectivity index (χ3v) is 5.34. The molecule has 0 aromatic carbocycles. The molecule has 108 valence electrons. The molecule has 6 nitrogen and oxygen atoms in total. The quantitative estimate of drug-likeness (QED) is 0.833. The molecule has 2 N–H and O–H groups in total. The van der Waals surface area contributed by atoms with Crippen molar-refractivity contribution in [3.8, 4) is 0 Å². The van der Waals surface area contributed by atoms with E-state index < -0.39 is 10.0 Å². The summed E-state index contributed by atoms with van der Waals surface area (Å²) in [6.07, 6.45) is 1.55. The molecule has 0 atom stereocenters. The zero-order valence-corrected chi connectivity index (χ0v) is 12.9. The first-order valence-electron chi connectivity index (χ1n) is 6.03. The molecular formula is C12H16N4O2S2. The second-order valence-electron chi connectivity index (χ2n) is 4.20. The molecule has 2 aromatic heterocycles. The average molecular weight is 312 g/mol. The van der Waals surface area contributed by atoms with Crippen LogP contribution in [-0.2, 0) is 23.1 Å². The van der Waals surface area contributed by atoms with Crippen molar-refractivity contribution >= 4 is 21.4 Å². The molecule has 0 amide bonds. The lowest BCUT2D eigenvalue weighted by molar-refractivity contribution is 0.579. The van der Waals surface area contributed by atoms with Crippen LogP contribution < -0.4 is 10.0 Å². The fraction of sp³-hybridized carbons (Fsp3) is 0.333. The Morgan fingerprint density at radius 2 is 2.15 bits per heavy atom. The van der Waals surface area contributed by atoms with E-state index in [0.717, 1.165) is 9.75 Å². The zero-order chi connectivity index (χ0) is 14.6. The number of rotatable bonds is 6. The van der Waals surface area contributed by atoms with Gasteiger partial charge < -0.3 is 5.32 Å². The average Bonchev–Trinajstić information content (AvgIpc) is 2.80. The molecule has 0 aliphatic carbocycles. The topological polar surface area (TPSA) is 84.0 Å². The minimum absolute atomic E-state index is 0.132. The van der Waals surface area contributed by atoms with E-state index in [1.165, 1.54) is 11.3 Å². The largest absolute Gasteiger partial charge is 0.315 e. The summed E-state index contributed by atoms with van der Waals surface area (Å²) < 4.78 is 27.1. The Hall–Kier alpha value is -1.35. The van der Waals surface area contributed by atoms with Gasteiger partial charge in [0.2, 0.25) is 10.0 Å². The maximum Gasteiger partial charge on any atom is 0.242 e. The van der Waals surface area contributed by atoms with E-state index in [2.05, 4.69) is 20.2 Å². The monoisotopic (exact) mass is 312 g/mol. The highest BCUT2D eigenvalue weighted by Crippen LogP contribution is 2.25. The molecule has 0 fully saturated rings. The van der Waals surface area contributed by atoms with E-state index in [1.54, 1.807) is 31.3 Å². The van der Waals surface area contributed by atoms with E-state index in [4.69, 9.17) is 0 Å². The van der Waals surface area contributed by atoms with Crippen molar-refractivity contribution in [2.75, 3.05) is 7.05 Å². The molecule has 8 heteroatoms. The molecule has 0 spiro atoms. The zero-order valence-electron chi connectivity index (χ0n) is 11.3. The van der Waals surface area contributed by atoms with Gasteiger partial charge in [0.15, 0.2) is 0 Å². The van der Waals surface area contributed by atoms with Crippen LogP contribution in [0.15, 0.2) is 29.3 Å². The number of hydrogen-bond acceptors (Lipinski definition) is 6. The summed E-state index contributed by atoms with van der Waals surface area (Å²) in [5.41, 5.74) is 0.583. The number of nitrogens with one attached hydrogen (secondary N) is 2. The Kier molecular flexibility index (Phi) is 4.81. The van der Waals surface area contributed by atoms with Crippen molar-refractivity contribution in [3.63, 3.8) is 0 Å². The molecule has 0 aliphatic heterocycles. The van der Waals surface area contributed by atoms with Crippen molar-refractivity contribution in [1.82, 2.24) is 20.2 Å². The van der Waals surface area contributed by atoms with Crippen molar-refractivity contribution < 1.29 is 8.42 Å². The van der Waals surface area contributed by atoms with Gasteiger partial charge in [-0.05, 0) is 32.2 Å². The van der Waals surface area contributed by atoms with Gasteiger partial charge in [-0.15, -0.1) is 11.3 Å². The van der Waals surface area contributed by atoms with Gasteiger partial charge in [0.05, 0.1) is 17.1 Å². The predicted molar refractivity (Wildman–Crippen MR) is 77.9 cm³/mol. The normalized spacial score (nSPS) is 11.7. The van der Waals surface area contributed by atoms with Gasteiger partial charge in [-0.1, -0.05) is 0 Å². The molecule has 2 aromatic rings. The molecule has 0 aliphatic rings. The SMILES string of the molecule is CNCc1cc(S(=O)(=O)NCc2cccnn2)c(C)s1. The van der Waals surface area contributed by atoms with Gasteiger partial charge in [-0.2, -0.15) is 10.2 Å². The molecule has 0 radical (unpaired) electrons. The molecule has 2 heterocycles. The minimum atomic E-state index is -3.52. The van der Waals surface area contributed by atoms with Gasteiger partial charge in [-0.3, -0.25) is 0 Å². The summed E-state index contributed by atoms with van der Waals surface area (Å²) in [7, 11) is -1.69. The van der Waals surface area contributed by atoms with E-state index in [9.17, 15) is 8.42 Å². The summed E-state index contributed by atoms with van der Waals surface area (Å²) in [6, 6.07) is 5.15. The second kappa shape index (κ2) is 6.40. The van der Waals surface area contributed by atoms with Crippen molar-refractivity contribution in [2.45, 2.75) is 24.9 Å². The number of hydrogen-bond donors (Lipinski definition) is 2. The standard InChI is InChI=1S/C12H16N4O2S2/c1-9-12(6-11(19-9)8-13-2)20(17,18)15-7-10-4-3-5-14-16-10/h3-6,13,15H,7-8H2,1-2H3. The molecule has 0 saturated heterocycles. The van der Waals surface area contributed by atoms with Crippen LogP contribution in [0.1, 0.15) is 15.4 Å². The van der Waals surface area contributed by atoms with E-state index in [0.29, 0.717) is 17.1 Å². The van der Waals surface area contributed by atoms with E-state index >= 15 is 0 Å². The molecule has 0 bridgehead atoms. The Morgan fingerprint density at radius 3 is 2.80 bits per heavy atom. The minimum Gasteiger partial charge on any atom is -0.315 e. The van der Waals surface area contributed by atoms with Crippen LogP contribution in [0.3, 0.4) is 0 Å². The van der Waals surface area contributed by atoms with E-state index in [1.807, 2.05) is 7.05 Å². The highest BCUT2D eigenvalue weighted by Gasteiger charge is 2.19. The number of aromatic nitrogens is 2. The van der Waals surface area contributed by atoms with Crippen LogP contribution in [0.2, 0.25) is 0 Å². The first-order chi connectivity index (χ1) is 9.53. The third-order valence-electron chi connectivity index (χ3n) is 2.63. The van der Waals surface area contributed by atoms with Crippen molar-refractivity contribution in [1.29, 1.82) is 0 Å². The van der Waals surface area contributed by atoms with Crippen LogP contribution in [0.4, 0.5) is 0 Å². The smallest absolute Gasteiger partial charge is 0.242 e. The number of aryl methyl sites for hydroxylation is 1. The second-order valence-corrected chi connectivity index (χ2v) is 7.28. The fourth-order valence-electron chi connectivity index (χ4n) is 1.73. The Balaban J connectivity index is 2.14. The maximum absolute atomic E-state index is 12.3. The first kappa shape index (κ1) is 15.0. The molecule has 0 saturated carbocycles. The third kappa shape index (κ3) is 3.60. The summed E-state index contributed by atoms with van der Waals surface area (Å²) in [6.45, 7) is 2.60. The summed E-state index contributed by atoms with van der Waals surface area (Å²) in [4.78, 5) is 2.10. The lowest BCUT2D eigenvalue weighted by atomic mass is 10.4. The fourth-order valence-corrected chi connectivity index (χ4v) is 4.37. The van der Waals surface area contributed by atoms with Crippen LogP contribution in [0.5, 0.6) is 0 Å². The molecule has 20 heavy (non-hydrogen) atoms. The van der Waals surface area contributed by atoms with Gasteiger partial charge in [0.25, 0.3) is 0 Å². The van der Waals surface area contributed by atoms with Crippen molar-refractivity contribution in [3.05, 3.63) is 39.8 Å². The maximum atomic E-state index is 12.3. The van der Waals surface area contributed by atoms with E-state index in [-0.39, 0.29) is 6.54 Å². The number of sulfonamides is 1. The lowest BCUT2D eigenvalue weighted by Gasteiger charge is -2.05. The Bertz CT molecular complexity index is 668. The number of nitrogens with zero attached hydrogens (tertiary/aromatic N) is 2. The van der Waals surface area contributed by atoms with Gasteiger partial charge >= 0.3 is 0 Å². The summed E-state index contributed by atoms with van der Waals surface area (Å²) in [5, 5.41) is 10.6. The van der Waals surface area contributed by atoms with Crippen molar-refractivity contribution in [2.24, 2.45) is 0 Å². The highest BCUT2D eigenvalue weighted by molar-refractivity contribution is 7.89. The molecule has 2 rings (SSSR count).